The Balaban J connectivity index is 1.74. The van der Waals surface area contributed by atoms with Crippen LogP contribution in [0.2, 0.25) is 0 Å². The number of aromatic nitrogens is 1. The number of carbonyl (C=O) groups is 2. The molecule has 0 radical (unpaired) electrons. The van der Waals surface area contributed by atoms with Gasteiger partial charge in [0.05, 0.1) is 29.8 Å². The average molecular weight is 446 g/mol. The summed E-state index contributed by atoms with van der Waals surface area (Å²) in [6.45, 7) is 7.93. The summed E-state index contributed by atoms with van der Waals surface area (Å²) >= 11 is 0. The van der Waals surface area contributed by atoms with Gasteiger partial charge < -0.3 is 15.0 Å². The molecule has 1 N–H and O–H groups in total. The summed E-state index contributed by atoms with van der Waals surface area (Å²) in [6.07, 6.45) is 1.44. The summed E-state index contributed by atoms with van der Waals surface area (Å²) in [6, 6.07) is 15.2. The number of rotatable bonds is 5. The van der Waals surface area contributed by atoms with Crippen LogP contribution in [0, 0.1) is 6.92 Å². The van der Waals surface area contributed by atoms with Gasteiger partial charge in [0, 0.05) is 23.2 Å². The van der Waals surface area contributed by atoms with E-state index >= 15 is 0 Å². The van der Waals surface area contributed by atoms with E-state index in [-0.39, 0.29) is 29.8 Å². The fourth-order valence-electron chi connectivity index (χ4n) is 4.54. The zero-order chi connectivity index (χ0) is 23.7. The molecule has 0 saturated heterocycles. The molecule has 0 bridgehead atoms. The molecule has 6 heteroatoms. The number of benzene rings is 2. The summed E-state index contributed by atoms with van der Waals surface area (Å²) < 4.78 is 5.34. The maximum Gasteiger partial charge on any atom is 0.260 e. The van der Waals surface area contributed by atoms with E-state index in [0.717, 1.165) is 34.3 Å². The molecule has 0 fully saturated rings. The van der Waals surface area contributed by atoms with Crippen LogP contribution in [0.4, 0.5) is 5.69 Å². The normalized spacial score (nSPS) is 18.5. The van der Waals surface area contributed by atoms with Gasteiger partial charge in [0.2, 0.25) is 5.91 Å². The molecule has 1 aliphatic rings. The second kappa shape index (κ2) is 9.22. The van der Waals surface area contributed by atoms with Crippen LogP contribution in [0.3, 0.4) is 0 Å². The highest BCUT2D eigenvalue weighted by Gasteiger charge is 2.37. The minimum atomic E-state index is -0.283. The number of fused-ring (bicyclic) bond motifs is 2. The van der Waals surface area contributed by atoms with Crippen molar-refractivity contribution in [1.29, 1.82) is 0 Å². The van der Waals surface area contributed by atoms with Gasteiger partial charge in [-0.05, 0) is 69.5 Å². The first-order chi connectivity index (χ1) is 15.8. The van der Waals surface area contributed by atoms with Crippen LogP contribution < -0.4 is 15.0 Å². The van der Waals surface area contributed by atoms with Crippen molar-refractivity contribution in [2.75, 3.05) is 12.0 Å². The van der Waals surface area contributed by atoms with Crippen molar-refractivity contribution in [2.45, 2.75) is 58.5 Å². The Morgan fingerprint density at radius 2 is 1.97 bits per heavy atom. The molecule has 3 atom stereocenters. The highest BCUT2D eigenvalue weighted by atomic mass is 16.5. The van der Waals surface area contributed by atoms with Gasteiger partial charge in [0.15, 0.2) is 0 Å². The standard InChI is InChI=1S/C27H31N3O3/c1-6-16(2)28-26(31)23-13-17(3)30(25-10-8-7-9-21(23)25)27(32)22-15-19-14-20(33-5)11-12-24(19)29-18(22)4/h7-12,14-17,23H,6,13H2,1-5H3,(H,28,31)/t16-,17+,23+/m0/s1. The van der Waals surface area contributed by atoms with E-state index in [0.29, 0.717) is 17.7 Å². The molecule has 1 aromatic heterocycles. The van der Waals surface area contributed by atoms with Gasteiger partial charge in [-0.1, -0.05) is 25.1 Å². The maximum absolute atomic E-state index is 13.8. The van der Waals surface area contributed by atoms with E-state index in [1.165, 1.54) is 0 Å². The third-order valence-corrected chi connectivity index (χ3v) is 6.57. The van der Waals surface area contributed by atoms with E-state index in [9.17, 15) is 9.59 Å². The predicted octanol–water partition coefficient (Wildman–Crippen LogP) is 4.99. The summed E-state index contributed by atoms with van der Waals surface area (Å²) in [7, 11) is 1.62. The molecule has 1 aliphatic heterocycles. The largest absolute Gasteiger partial charge is 0.497 e. The second-order valence-electron chi connectivity index (χ2n) is 8.87. The summed E-state index contributed by atoms with van der Waals surface area (Å²) in [5.41, 5.74) is 3.73. The molecule has 0 aliphatic carbocycles. The zero-order valence-electron chi connectivity index (χ0n) is 19.9. The van der Waals surface area contributed by atoms with Gasteiger partial charge in [-0.15, -0.1) is 0 Å². The Morgan fingerprint density at radius 1 is 1.21 bits per heavy atom. The molecule has 0 unspecified atom stereocenters. The first kappa shape index (κ1) is 22.8. The molecule has 4 rings (SSSR count). The Hall–Kier alpha value is -3.41. The minimum absolute atomic E-state index is 0.0198. The number of aryl methyl sites for hydroxylation is 1. The maximum atomic E-state index is 13.8. The Labute approximate surface area is 195 Å². The van der Waals surface area contributed by atoms with Crippen LogP contribution in [0.5, 0.6) is 5.75 Å². The number of nitrogens with one attached hydrogen (secondary N) is 1. The van der Waals surface area contributed by atoms with Crippen molar-refractivity contribution in [3.63, 3.8) is 0 Å². The van der Waals surface area contributed by atoms with Crippen LogP contribution in [-0.4, -0.2) is 36.0 Å². The molecule has 2 amide bonds. The van der Waals surface area contributed by atoms with Crippen LogP contribution >= 0.6 is 0 Å². The SMILES string of the molecule is CC[C@H](C)NC(=O)[C@@H]1C[C@@H](C)N(C(=O)c2cc3cc(OC)ccc3nc2C)c2ccccc21. The number of anilines is 1. The Morgan fingerprint density at radius 3 is 2.70 bits per heavy atom. The molecular weight excluding hydrogens is 414 g/mol. The summed E-state index contributed by atoms with van der Waals surface area (Å²) in [5, 5.41) is 3.97. The van der Waals surface area contributed by atoms with E-state index in [2.05, 4.69) is 17.2 Å². The van der Waals surface area contributed by atoms with Crippen LogP contribution in [0.1, 0.15) is 61.1 Å². The van der Waals surface area contributed by atoms with Crippen molar-refractivity contribution in [3.05, 3.63) is 65.4 Å². The van der Waals surface area contributed by atoms with Crippen LogP contribution in [0.25, 0.3) is 10.9 Å². The van der Waals surface area contributed by atoms with Crippen LogP contribution in [0.15, 0.2) is 48.5 Å². The van der Waals surface area contributed by atoms with E-state index in [4.69, 9.17) is 4.74 Å². The van der Waals surface area contributed by atoms with Gasteiger partial charge in [0.25, 0.3) is 5.91 Å². The van der Waals surface area contributed by atoms with Crippen molar-refractivity contribution in [2.24, 2.45) is 0 Å². The van der Waals surface area contributed by atoms with Gasteiger partial charge in [-0.3, -0.25) is 14.6 Å². The fraction of sp³-hybridized carbons (Fsp3) is 0.370. The van der Waals surface area contributed by atoms with Gasteiger partial charge in [-0.25, -0.2) is 0 Å². The molecule has 0 saturated carbocycles. The Kier molecular flexibility index (Phi) is 6.36. The quantitative estimate of drug-likeness (QED) is 0.601. The number of hydrogen-bond acceptors (Lipinski definition) is 4. The number of nitrogens with zero attached hydrogens (tertiary/aromatic N) is 2. The molecule has 6 nitrogen and oxygen atoms in total. The molecule has 3 aromatic rings. The lowest BCUT2D eigenvalue weighted by Gasteiger charge is -2.39. The predicted molar refractivity (Wildman–Crippen MR) is 131 cm³/mol. The van der Waals surface area contributed by atoms with E-state index < -0.39 is 0 Å². The molecule has 2 aromatic carbocycles. The first-order valence-corrected chi connectivity index (χ1v) is 11.5. The van der Waals surface area contributed by atoms with Gasteiger partial charge in [-0.2, -0.15) is 0 Å². The molecule has 172 valence electrons. The average Bonchev–Trinajstić information content (AvgIpc) is 2.82. The monoisotopic (exact) mass is 445 g/mol. The number of methoxy groups -OCH3 is 1. The highest BCUT2D eigenvalue weighted by molar-refractivity contribution is 6.10. The highest BCUT2D eigenvalue weighted by Crippen LogP contribution is 2.39. The first-order valence-electron chi connectivity index (χ1n) is 11.5. The molecular formula is C27H31N3O3. The van der Waals surface area contributed by atoms with Crippen molar-refractivity contribution >= 4 is 28.4 Å². The lowest BCUT2D eigenvalue weighted by Crippen LogP contribution is -2.47. The van der Waals surface area contributed by atoms with E-state index in [1.54, 1.807) is 7.11 Å². The third-order valence-electron chi connectivity index (χ3n) is 6.57. The lowest BCUT2D eigenvalue weighted by atomic mass is 9.84. The molecule has 2 heterocycles. The number of para-hydroxylation sites is 1. The third kappa shape index (κ3) is 4.30. The number of pyridine rings is 1. The van der Waals surface area contributed by atoms with Crippen molar-refractivity contribution < 1.29 is 14.3 Å². The van der Waals surface area contributed by atoms with Gasteiger partial charge in [0.1, 0.15) is 5.75 Å². The number of hydrogen-bond donors (Lipinski definition) is 1. The number of ether oxygens (including phenoxy) is 1. The Bertz CT molecular complexity index is 1210. The molecule has 0 spiro atoms. The van der Waals surface area contributed by atoms with Crippen molar-refractivity contribution in [3.8, 4) is 5.75 Å². The topological polar surface area (TPSA) is 71.5 Å². The number of carbonyl (C=O) groups excluding carboxylic acids is 2. The van der Waals surface area contributed by atoms with Crippen LogP contribution in [-0.2, 0) is 4.79 Å². The molecule has 33 heavy (non-hydrogen) atoms. The van der Waals surface area contributed by atoms with Gasteiger partial charge >= 0.3 is 0 Å². The lowest BCUT2D eigenvalue weighted by molar-refractivity contribution is -0.123. The van der Waals surface area contributed by atoms with E-state index in [1.807, 2.05) is 74.2 Å². The fourth-order valence-corrected chi connectivity index (χ4v) is 4.54. The minimum Gasteiger partial charge on any atom is -0.497 e. The van der Waals surface area contributed by atoms with Crippen molar-refractivity contribution in [1.82, 2.24) is 10.3 Å². The zero-order valence-corrected chi connectivity index (χ0v) is 19.9. The smallest absolute Gasteiger partial charge is 0.260 e. The summed E-state index contributed by atoms with van der Waals surface area (Å²) in [5.74, 6) is 0.351. The second-order valence-corrected chi connectivity index (χ2v) is 8.87. The number of amides is 2. The summed E-state index contributed by atoms with van der Waals surface area (Å²) in [4.78, 5) is 33.4.